The van der Waals surface area contributed by atoms with E-state index in [1.54, 1.807) is 35.3 Å². The third-order valence-electron chi connectivity index (χ3n) is 3.79. The van der Waals surface area contributed by atoms with Crippen LogP contribution in [0.5, 0.6) is 0 Å². The van der Waals surface area contributed by atoms with Crippen LogP contribution in [0.25, 0.3) is 5.69 Å². The Hall–Kier alpha value is -4.08. The van der Waals surface area contributed by atoms with Gasteiger partial charge in [-0.25, -0.2) is 9.67 Å². The summed E-state index contributed by atoms with van der Waals surface area (Å²) >= 11 is 0. The number of carbonyl (C=O) groups excluding carboxylic acids is 2. The predicted molar refractivity (Wildman–Crippen MR) is 99.8 cm³/mol. The number of nitrogens with zero attached hydrogens (tertiary/aromatic N) is 4. The molecule has 0 spiro atoms. The third-order valence-corrected chi connectivity index (χ3v) is 3.79. The van der Waals surface area contributed by atoms with E-state index in [2.05, 4.69) is 20.7 Å². The highest BCUT2D eigenvalue weighted by Crippen LogP contribution is 2.13. The average molecular weight is 380 g/mol. The Morgan fingerprint density at radius 1 is 1.04 bits per heavy atom. The van der Waals surface area contributed by atoms with Gasteiger partial charge in [0.2, 0.25) is 11.8 Å². The van der Waals surface area contributed by atoms with Crippen LogP contribution in [0, 0.1) is 10.1 Å². The molecule has 0 aliphatic carbocycles. The van der Waals surface area contributed by atoms with E-state index in [4.69, 9.17) is 0 Å². The van der Waals surface area contributed by atoms with Crippen molar-refractivity contribution < 1.29 is 14.5 Å². The molecule has 0 saturated heterocycles. The predicted octanol–water partition coefficient (Wildman–Crippen LogP) is 1.47. The Labute approximate surface area is 159 Å². The Morgan fingerprint density at radius 2 is 1.75 bits per heavy atom. The number of anilines is 1. The van der Waals surface area contributed by atoms with Crippen molar-refractivity contribution in [2.45, 2.75) is 6.42 Å². The van der Waals surface area contributed by atoms with Gasteiger partial charge in [0, 0.05) is 17.8 Å². The van der Waals surface area contributed by atoms with E-state index in [9.17, 15) is 19.7 Å². The number of hydrogen-bond acceptors (Lipinski definition) is 6. The molecule has 0 fully saturated rings. The molecule has 28 heavy (non-hydrogen) atoms. The van der Waals surface area contributed by atoms with Gasteiger partial charge in [-0.3, -0.25) is 19.7 Å². The molecule has 2 N–H and O–H groups in total. The first kappa shape index (κ1) is 18.7. The highest BCUT2D eigenvalue weighted by molar-refractivity contribution is 5.94. The standard InChI is InChI=1S/C18H16N6O4/c25-17(9-13-1-5-16(6-2-13)24(27)28)20-10-18(26)22-14-3-7-15(8-4-14)23-12-19-11-21-23/h1-8,11-12H,9-10H2,(H,20,25)(H,22,26). The summed E-state index contributed by atoms with van der Waals surface area (Å²) in [4.78, 5) is 37.9. The van der Waals surface area contributed by atoms with Crippen molar-refractivity contribution in [1.29, 1.82) is 0 Å². The van der Waals surface area contributed by atoms with Crippen molar-refractivity contribution >= 4 is 23.2 Å². The summed E-state index contributed by atoms with van der Waals surface area (Å²) < 4.78 is 1.59. The summed E-state index contributed by atoms with van der Waals surface area (Å²) in [5, 5.41) is 19.8. The first-order valence-electron chi connectivity index (χ1n) is 8.26. The largest absolute Gasteiger partial charge is 0.347 e. The number of nitrogens with one attached hydrogen (secondary N) is 2. The lowest BCUT2D eigenvalue weighted by Crippen LogP contribution is -2.33. The van der Waals surface area contributed by atoms with E-state index in [1.165, 1.54) is 30.6 Å². The monoisotopic (exact) mass is 380 g/mol. The minimum Gasteiger partial charge on any atom is -0.347 e. The second kappa shape index (κ2) is 8.54. The Kier molecular flexibility index (Phi) is 5.70. The lowest BCUT2D eigenvalue weighted by molar-refractivity contribution is -0.384. The van der Waals surface area contributed by atoms with Crippen molar-refractivity contribution in [1.82, 2.24) is 20.1 Å². The summed E-state index contributed by atoms with van der Waals surface area (Å²) in [6, 6.07) is 12.7. The molecular formula is C18H16N6O4. The second-order valence-electron chi connectivity index (χ2n) is 5.81. The minimum absolute atomic E-state index is 0.0257. The number of carbonyl (C=O) groups is 2. The highest BCUT2D eigenvalue weighted by atomic mass is 16.6. The van der Waals surface area contributed by atoms with Crippen LogP contribution in [-0.4, -0.2) is 38.0 Å². The zero-order valence-corrected chi connectivity index (χ0v) is 14.6. The van der Waals surface area contributed by atoms with Gasteiger partial charge in [0.25, 0.3) is 5.69 Å². The number of nitro benzene ring substituents is 1. The van der Waals surface area contributed by atoms with E-state index >= 15 is 0 Å². The SMILES string of the molecule is O=C(Cc1ccc([N+](=O)[O-])cc1)NCC(=O)Nc1ccc(-n2cncn2)cc1. The number of nitro groups is 1. The van der Waals surface area contributed by atoms with Crippen molar-refractivity contribution in [2.75, 3.05) is 11.9 Å². The highest BCUT2D eigenvalue weighted by Gasteiger charge is 2.09. The first-order valence-corrected chi connectivity index (χ1v) is 8.26. The molecule has 0 bridgehead atoms. The number of non-ortho nitro benzene ring substituents is 1. The maximum atomic E-state index is 12.0. The van der Waals surface area contributed by atoms with Gasteiger partial charge in [-0.05, 0) is 29.8 Å². The van der Waals surface area contributed by atoms with Crippen LogP contribution in [0.2, 0.25) is 0 Å². The van der Waals surface area contributed by atoms with Gasteiger partial charge in [0.1, 0.15) is 12.7 Å². The molecule has 2 aromatic carbocycles. The fraction of sp³-hybridized carbons (Fsp3) is 0.111. The second-order valence-corrected chi connectivity index (χ2v) is 5.81. The molecule has 3 aromatic rings. The van der Waals surface area contributed by atoms with Gasteiger partial charge < -0.3 is 10.6 Å². The van der Waals surface area contributed by atoms with Gasteiger partial charge in [0.05, 0.1) is 23.6 Å². The molecule has 10 nitrogen and oxygen atoms in total. The molecule has 0 atom stereocenters. The quantitative estimate of drug-likeness (QED) is 0.471. The topological polar surface area (TPSA) is 132 Å². The van der Waals surface area contributed by atoms with Gasteiger partial charge in [-0.2, -0.15) is 5.10 Å². The summed E-state index contributed by atoms with van der Waals surface area (Å²) in [6.07, 6.45) is 3.01. The molecule has 0 unspecified atom stereocenters. The maximum absolute atomic E-state index is 12.0. The summed E-state index contributed by atoms with van der Waals surface area (Å²) in [5.41, 5.74) is 1.95. The van der Waals surface area contributed by atoms with Crippen molar-refractivity contribution in [3.63, 3.8) is 0 Å². The molecule has 2 amide bonds. The van der Waals surface area contributed by atoms with Crippen molar-refractivity contribution in [3.05, 3.63) is 76.9 Å². The fourth-order valence-corrected chi connectivity index (χ4v) is 2.41. The van der Waals surface area contributed by atoms with Crippen LogP contribution >= 0.6 is 0 Å². The molecule has 1 heterocycles. The fourth-order valence-electron chi connectivity index (χ4n) is 2.41. The molecule has 0 saturated carbocycles. The zero-order chi connectivity index (χ0) is 19.9. The molecule has 142 valence electrons. The van der Waals surface area contributed by atoms with Crippen LogP contribution in [0.4, 0.5) is 11.4 Å². The molecule has 1 aromatic heterocycles. The summed E-state index contributed by atoms with van der Waals surface area (Å²) in [5.74, 6) is -0.726. The molecule has 0 radical (unpaired) electrons. The summed E-state index contributed by atoms with van der Waals surface area (Å²) in [6.45, 7) is -0.184. The van der Waals surface area contributed by atoms with Crippen molar-refractivity contribution in [3.8, 4) is 5.69 Å². The lowest BCUT2D eigenvalue weighted by Gasteiger charge is -2.08. The first-order chi connectivity index (χ1) is 13.5. The van der Waals surface area contributed by atoms with Crippen LogP contribution < -0.4 is 10.6 Å². The average Bonchev–Trinajstić information content (AvgIpc) is 3.22. The van der Waals surface area contributed by atoms with E-state index in [-0.39, 0.29) is 30.5 Å². The third kappa shape index (κ3) is 4.97. The van der Waals surface area contributed by atoms with Crippen LogP contribution in [0.3, 0.4) is 0 Å². The Morgan fingerprint density at radius 3 is 2.36 bits per heavy atom. The molecule has 3 rings (SSSR count). The number of hydrogen-bond donors (Lipinski definition) is 2. The van der Waals surface area contributed by atoms with Crippen LogP contribution in [0.1, 0.15) is 5.56 Å². The van der Waals surface area contributed by atoms with Crippen molar-refractivity contribution in [2.24, 2.45) is 0 Å². The number of aromatic nitrogens is 3. The van der Waals surface area contributed by atoms with E-state index < -0.39 is 4.92 Å². The van der Waals surface area contributed by atoms with Crippen LogP contribution in [-0.2, 0) is 16.0 Å². The van der Waals surface area contributed by atoms with Crippen LogP contribution in [0.15, 0.2) is 61.2 Å². The normalized spacial score (nSPS) is 10.3. The van der Waals surface area contributed by atoms with Gasteiger partial charge >= 0.3 is 0 Å². The number of benzene rings is 2. The zero-order valence-electron chi connectivity index (χ0n) is 14.6. The van der Waals surface area contributed by atoms with E-state index in [0.29, 0.717) is 11.3 Å². The number of rotatable bonds is 7. The Bertz CT molecular complexity index is 968. The van der Waals surface area contributed by atoms with Gasteiger partial charge in [0.15, 0.2) is 0 Å². The molecule has 0 aliphatic heterocycles. The number of amides is 2. The smallest absolute Gasteiger partial charge is 0.269 e. The Balaban J connectivity index is 1.45. The molecular weight excluding hydrogens is 364 g/mol. The summed E-state index contributed by atoms with van der Waals surface area (Å²) in [7, 11) is 0. The van der Waals surface area contributed by atoms with E-state index in [0.717, 1.165) is 5.69 Å². The van der Waals surface area contributed by atoms with Gasteiger partial charge in [-0.15, -0.1) is 0 Å². The minimum atomic E-state index is -0.507. The van der Waals surface area contributed by atoms with Gasteiger partial charge in [-0.1, -0.05) is 12.1 Å². The van der Waals surface area contributed by atoms with E-state index in [1.807, 2.05) is 0 Å². The maximum Gasteiger partial charge on any atom is 0.269 e. The molecule has 10 heteroatoms. The lowest BCUT2D eigenvalue weighted by atomic mass is 10.1. The molecule has 0 aliphatic rings.